The summed E-state index contributed by atoms with van der Waals surface area (Å²) >= 11 is 0. The summed E-state index contributed by atoms with van der Waals surface area (Å²) in [6.07, 6.45) is -5.57. The van der Waals surface area contributed by atoms with E-state index in [9.17, 15) is 23.3 Å². The van der Waals surface area contributed by atoms with Gasteiger partial charge in [-0.3, -0.25) is 15.0 Å². The number of halogens is 3. The molecule has 0 unspecified atom stereocenters. The average molecular weight is 361 g/mol. The number of nitrogens with one attached hydrogen (secondary N) is 1. The zero-order valence-corrected chi connectivity index (χ0v) is 13.3. The number of hydrogen-bond donors (Lipinski definition) is 1. The Bertz CT molecular complexity index is 648. The Kier molecular flexibility index (Phi) is 5.00. The van der Waals surface area contributed by atoms with Gasteiger partial charge in [-0.2, -0.15) is 13.2 Å². The maximum absolute atomic E-state index is 12.8. The highest BCUT2D eigenvalue weighted by atomic mass is 19.4. The fraction of sp³-hybridized carbons (Fsp3) is 0.600. The molecule has 0 radical (unpaired) electrons. The molecule has 0 aliphatic carbocycles. The molecule has 0 amide bonds. The highest BCUT2D eigenvalue weighted by molar-refractivity contribution is 5.56. The normalized spacial score (nSPS) is 19.0. The number of nitro groups is 1. The minimum absolute atomic E-state index is 0.0587. The van der Waals surface area contributed by atoms with Crippen molar-refractivity contribution < 1.29 is 27.6 Å². The number of rotatable bonds is 5. The lowest BCUT2D eigenvalue weighted by Gasteiger charge is -2.35. The molecule has 0 spiro atoms. The van der Waals surface area contributed by atoms with Crippen LogP contribution in [-0.4, -0.2) is 49.0 Å². The van der Waals surface area contributed by atoms with Gasteiger partial charge in [0.2, 0.25) is 6.79 Å². The van der Waals surface area contributed by atoms with Gasteiger partial charge in [0.05, 0.1) is 16.6 Å². The first-order valence-electron chi connectivity index (χ1n) is 7.94. The Morgan fingerprint density at radius 1 is 1.24 bits per heavy atom. The summed E-state index contributed by atoms with van der Waals surface area (Å²) in [5.74, 6) is 0.568. The molecule has 2 aliphatic heterocycles. The maximum atomic E-state index is 12.8. The molecule has 25 heavy (non-hydrogen) atoms. The van der Waals surface area contributed by atoms with Gasteiger partial charge in [0.15, 0.2) is 11.5 Å². The number of benzene rings is 1. The Balaban J connectivity index is 1.97. The van der Waals surface area contributed by atoms with Crippen molar-refractivity contribution in [3.8, 4) is 11.5 Å². The van der Waals surface area contributed by atoms with Gasteiger partial charge in [0.1, 0.15) is 0 Å². The monoisotopic (exact) mass is 361 g/mol. The average Bonchev–Trinajstić information content (AvgIpc) is 3.01. The summed E-state index contributed by atoms with van der Waals surface area (Å²) in [6, 6.07) is 1.97. The lowest BCUT2D eigenvalue weighted by atomic mass is 9.97. The second kappa shape index (κ2) is 7.04. The molecule has 10 heteroatoms. The number of piperazine rings is 1. The first-order chi connectivity index (χ1) is 11.8. The van der Waals surface area contributed by atoms with Crippen molar-refractivity contribution >= 4 is 5.69 Å². The predicted octanol–water partition coefficient (Wildman–Crippen LogP) is 2.61. The molecule has 1 saturated heterocycles. The van der Waals surface area contributed by atoms with Gasteiger partial charge in [-0.25, -0.2) is 0 Å². The van der Waals surface area contributed by atoms with Crippen LogP contribution >= 0.6 is 0 Å². The van der Waals surface area contributed by atoms with Crippen LogP contribution in [0.25, 0.3) is 0 Å². The van der Waals surface area contributed by atoms with Gasteiger partial charge >= 0.3 is 6.18 Å². The summed E-state index contributed by atoms with van der Waals surface area (Å²) in [5, 5.41) is 14.6. The Labute approximate surface area is 141 Å². The molecule has 1 N–H and O–H groups in total. The molecule has 3 rings (SSSR count). The minimum atomic E-state index is -4.32. The molecule has 7 nitrogen and oxygen atoms in total. The summed E-state index contributed by atoms with van der Waals surface area (Å²) in [7, 11) is 0. The van der Waals surface area contributed by atoms with E-state index in [1.165, 1.54) is 12.1 Å². The van der Waals surface area contributed by atoms with Crippen LogP contribution in [-0.2, 0) is 0 Å². The van der Waals surface area contributed by atoms with Gasteiger partial charge in [0, 0.05) is 38.6 Å². The van der Waals surface area contributed by atoms with Crippen LogP contribution in [0.1, 0.15) is 24.4 Å². The number of nitrogens with zero attached hydrogens (tertiary/aromatic N) is 2. The smallest absolute Gasteiger partial charge is 0.389 e. The Hall–Kier alpha value is -2.07. The van der Waals surface area contributed by atoms with Crippen LogP contribution in [0.5, 0.6) is 11.5 Å². The van der Waals surface area contributed by atoms with Crippen molar-refractivity contribution in [1.29, 1.82) is 0 Å². The lowest BCUT2D eigenvalue weighted by molar-refractivity contribution is -0.386. The SMILES string of the molecule is O=[N+]([O-])c1cc2c(cc1[C@@H](CCC(F)(F)F)N1CCNCC1)OCO2. The van der Waals surface area contributed by atoms with Crippen molar-refractivity contribution in [3.63, 3.8) is 0 Å². The Morgan fingerprint density at radius 2 is 1.88 bits per heavy atom. The molecule has 1 aromatic rings. The zero-order chi connectivity index (χ0) is 18.0. The molecule has 1 atom stereocenters. The number of alkyl halides is 3. The number of nitro benzene ring substituents is 1. The minimum Gasteiger partial charge on any atom is -0.454 e. The van der Waals surface area contributed by atoms with E-state index in [0.29, 0.717) is 31.9 Å². The van der Waals surface area contributed by atoms with Crippen molar-refractivity contribution in [2.24, 2.45) is 0 Å². The fourth-order valence-corrected chi connectivity index (χ4v) is 3.20. The van der Waals surface area contributed by atoms with E-state index in [1.54, 1.807) is 0 Å². The third kappa shape index (κ3) is 4.13. The van der Waals surface area contributed by atoms with E-state index in [4.69, 9.17) is 9.47 Å². The van der Waals surface area contributed by atoms with Gasteiger partial charge in [0.25, 0.3) is 5.69 Å². The van der Waals surface area contributed by atoms with Gasteiger partial charge in [-0.15, -0.1) is 0 Å². The molecule has 0 aromatic heterocycles. The van der Waals surface area contributed by atoms with E-state index in [2.05, 4.69) is 5.32 Å². The molecular formula is C15H18F3N3O4. The Morgan fingerprint density at radius 3 is 2.48 bits per heavy atom. The van der Waals surface area contributed by atoms with E-state index in [0.717, 1.165) is 0 Å². The molecule has 2 heterocycles. The van der Waals surface area contributed by atoms with Crippen LogP contribution in [0, 0.1) is 10.1 Å². The van der Waals surface area contributed by atoms with Crippen LogP contribution in [0.2, 0.25) is 0 Å². The molecule has 138 valence electrons. The van der Waals surface area contributed by atoms with E-state index >= 15 is 0 Å². The fourth-order valence-electron chi connectivity index (χ4n) is 3.20. The van der Waals surface area contributed by atoms with Crippen LogP contribution < -0.4 is 14.8 Å². The molecule has 2 aliphatic rings. The van der Waals surface area contributed by atoms with Gasteiger partial charge < -0.3 is 14.8 Å². The quantitative estimate of drug-likeness (QED) is 0.642. The highest BCUT2D eigenvalue weighted by Gasteiger charge is 2.35. The number of ether oxygens (including phenoxy) is 2. The third-order valence-electron chi connectivity index (χ3n) is 4.37. The maximum Gasteiger partial charge on any atom is 0.389 e. The van der Waals surface area contributed by atoms with Crippen LogP contribution in [0.3, 0.4) is 0 Å². The predicted molar refractivity (Wildman–Crippen MR) is 81.7 cm³/mol. The van der Waals surface area contributed by atoms with Gasteiger partial charge in [-0.1, -0.05) is 0 Å². The van der Waals surface area contributed by atoms with Gasteiger partial charge in [-0.05, 0) is 12.5 Å². The van der Waals surface area contributed by atoms with Crippen LogP contribution in [0.15, 0.2) is 12.1 Å². The standard InChI is InChI=1S/C15H18F3N3O4/c16-15(17,18)2-1-11(20-5-3-19-4-6-20)10-7-13-14(25-9-24-13)8-12(10)21(22)23/h7-8,11,19H,1-6,9H2/t11-/m1/s1. The number of hydrogen-bond acceptors (Lipinski definition) is 6. The molecule has 1 aromatic carbocycles. The molecule has 0 saturated carbocycles. The molecule has 0 bridgehead atoms. The third-order valence-corrected chi connectivity index (χ3v) is 4.37. The van der Waals surface area contributed by atoms with Crippen molar-refractivity contribution in [2.45, 2.75) is 25.1 Å². The summed E-state index contributed by atoms with van der Waals surface area (Å²) in [4.78, 5) is 12.7. The molecular weight excluding hydrogens is 343 g/mol. The second-order valence-corrected chi connectivity index (χ2v) is 5.98. The lowest BCUT2D eigenvalue weighted by Crippen LogP contribution is -2.45. The van der Waals surface area contributed by atoms with E-state index in [-0.39, 0.29) is 30.2 Å². The topological polar surface area (TPSA) is 76.9 Å². The van der Waals surface area contributed by atoms with E-state index in [1.807, 2.05) is 4.90 Å². The largest absolute Gasteiger partial charge is 0.454 e. The summed E-state index contributed by atoms with van der Waals surface area (Å²) in [6.45, 7) is 2.24. The van der Waals surface area contributed by atoms with Crippen molar-refractivity contribution in [3.05, 3.63) is 27.8 Å². The first-order valence-corrected chi connectivity index (χ1v) is 7.94. The number of fused-ring (bicyclic) bond motifs is 1. The highest BCUT2D eigenvalue weighted by Crippen LogP contribution is 2.43. The van der Waals surface area contributed by atoms with Crippen molar-refractivity contribution in [1.82, 2.24) is 10.2 Å². The zero-order valence-electron chi connectivity index (χ0n) is 13.3. The van der Waals surface area contributed by atoms with E-state index < -0.39 is 23.6 Å². The van der Waals surface area contributed by atoms with Crippen molar-refractivity contribution in [2.75, 3.05) is 33.0 Å². The summed E-state index contributed by atoms with van der Waals surface area (Å²) in [5.41, 5.74) is -0.00430. The first kappa shape index (κ1) is 17.7. The van der Waals surface area contributed by atoms with Crippen LogP contribution in [0.4, 0.5) is 18.9 Å². The summed E-state index contributed by atoms with van der Waals surface area (Å²) < 4.78 is 48.7. The second-order valence-electron chi connectivity index (χ2n) is 5.98. The molecule has 1 fully saturated rings.